The Hall–Kier alpha value is -1.18. The molecule has 1 rings (SSSR count). The number of nitrogens with two attached hydrogens (primary N) is 1. The molecular formula is C8H10Cl2N4. The molecule has 1 aromatic rings. The van der Waals surface area contributed by atoms with E-state index in [4.69, 9.17) is 22.6 Å². The highest BCUT2D eigenvalue weighted by atomic mass is 35.5. The van der Waals surface area contributed by atoms with E-state index in [1.807, 2.05) is 6.07 Å². The van der Waals surface area contributed by atoms with E-state index in [2.05, 4.69) is 5.32 Å². The van der Waals surface area contributed by atoms with Gasteiger partial charge >= 0.3 is 0 Å². The molecule has 0 aliphatic rings. The summed E-state index contributed by atoms with van der Waals surface area (Å²) >= 11 is 5.90. The summed E-state index contributed by atoms with van der Waals surface area (Å²) in [4.78, 5) is 0. The summed E-state index contributed by atoms with van der Waals surface area (Å²) in [5, 5.41) is 12.0. The molecule has 0 spiro atoms. The van der Waals surface area contributed by atoms with E-state index in [0.717, 1.165) is 0 Å². The Kier molecular flexibility index (Phi) is 4.48. The Morgan fingerprint density at radius 1 is 1.64 bits per heavy atom. The van der Waals surface area contributed by atoms with Crippen LogP contribution in [-0.2, 0) is 7.05 Å². The first-order valence-corrected chi connectivity index (χ1v) is 4.05. The average Bonchev–Trinajstić information content (AvgIpc) is 2.13. The van der Waals surface area contributed by atoms with Gasteiger partial charge in [0.1, 0.15) is 11.6 Å². The molecule has 0 amide bonds. The number of pyridine rings is 1. The van der Waals surface area contributed by atoms with Gasteiger partial charge in [0, 0.05) is 7.05 Å². The number of nitrogens with one attached hydrogen (secondary N) is 1. The highest BCUT2D eigenvalue weighted by Crippen LogP contribution is 2.21. The van der Waals surface area contributed by atoms with Crippen LogP contribution in [0, 0.1) is 11.3 Å². The van der Waals surface area contributed by atoms with Crippen LogP contribution in [0.4, 0.5) is 11.5 Å². The van der Waals surface area contributed by atoms with Crippen molar-refractivity contribution in [2.24, 2.45) is 7.05 Å². The lowest BCUT2D eigenvalue weighted by atomic mass is 10.2. The van der Waals surface area contributed by atoms with Crippen molar-refractivity contribution in [3.05, 3.63) is 16.8 Å². The zero-order chi connectivity index (χ0) is 10.0. The SMILES string of the molecule is CNc1cc(N)[n+](C)c(Cl)c1C#N.[Cl-]. The topological polar surface area (TPSA) is 65.7 Å². The Labute approximate surface area is 93.7 Å². The van der Waals surface area contributed by atoms with E-state index in [-0.39, 0.29) is 12.4 Å². The van der Waals surface area contributed by atoms with E-state index in [1.54, 1.807) is 24.7 Å². The van der Waals surface area contributed by atoms with Crippen LogP contribution in [0.15, 0.2) is 6.07 Å². The summed E-state index contributed by atoms with van der Waals surface area (Å²) in [5.74, 6) is 0.508. The van der Waals surface area contributed by atoms with Crippen LogP contribution in [0.3, 0.4) is 0 Å². The van der Waals surface area contributed by atoms with Gasteiger partial charge < -0.3 is 17.7 Å². The Bertz CT molecular complexity index is 384. The van der Waals surface area contributed by atoms with E-state index in [9.17, 15) is 0 Å². The summed E-state index contributed by atoms with van der Waals surface area (Å²) in [6, 6.07) is 3.68. The fraction of sp³-hybridized carbons (Fsp3) is 0.250. The molecule has 0 bridgehead atoms. The number of halogens is 2. The van der Waals surface area contributed by atoms with E-state index in [1.165, 1.54) is 0 Å². The monoisotopic (exact) mass is 232 g/mol. The normalized spacial score (nSPS) is 8.71. The molecule has 0 aliphatic heterocycles. The van der Waals surface area contributed by atoms with Crippen molar-refractivity contribution in [1.82, 2.24) is 0 Å². The molecule has 0 aliphatic carbocycles. The highest BCUT2D eigenvalue weighted by molar-refractivity contribution is 6.30. The van der Waals surface area contributed by atoms with E-state index in [0.29, 0.717) is 22.2 Å². The standard InChI is InChI=1S/C8H9ClN4.ClH/c1-12-6-3-7(11)13(2)8(9)5(6)4-10;/h3H,1-2H3,(H2,11,12);1H. The fourth-order valence-corrected chi connectivity index (χ4v) is 1.25. The van der Waals surface area contributed by atoms with Crippen molar-refractivity contribution in [2.45, 2.75) is 0 Å². The number of hydrogen-bond donors (Lipinski definition) is 2. The van der Waals surface area contributed by atoms with Gasteiger partial charge in [-0.05, 0) is 11.6 Å². The van der Waals surface area contributed by atoms with Crippen molar-refractivity contribution in [3.63, 3.8) is 0 Å². The van der Waals surface area contributed by atoms with Gasteiger partial charge in [0.2, 0.25) is 5.15 Å². The number of rotatable bonds is 1. The van der Waals surface area contributed by atoms with Gasteiger partial charge in [0.25, 0.3) is 5.82 Å². The molecule has 3 N–H and O–H groups in total. The summed E-state index contributed by atoms with van der Waals surface area (Å²) in [7, 11) is 3.42. The average molecular weight is 233 g/mol. The molecule has 0 saturated heterocycles. The smallest absolute Gasteiger partial charge is 0.275 e. The molecular weight excluding hydrogens is 223 g/mol. The number of hydrogen-bond acceptors (Lipinski definition) is 3. The summed E-state index contributed by atoms with van der Waals surface area (Å²) in [6.07, 6.45) is 0. The number of nitriles is 1. The molecule has 1 aromatic heterocycles. The van der Waals surface area contributed by atoms with Crippen LogP contribution in [-0.4, -0.2) is 7.05 Å². The molecule has 4 nitrogen and oxygen atoms in total. The first-order valence-electron chi connectivity index (χ1n) is 3.67. The van der Waals surface area contributed by atoms with Crippen molar-refractivity contribution in [2.75, 3.05) is 18.1 Å². The summed E-state index contributed by atoms with van der Waals surface area (Å²) in [5.41, 5.74) is 6.70. The third-order valence-corrected chi connectivity index (χ3v) is 2.27. The maximum atomic E-state index is 8.82. The Morgan fingerprint density at radius 3 is 2.64 bits per heavy atom. The van der Waals surface area contributed by atoms with Crippen LogP contribution in [0.1, 0.15) is 5.56 Å². The van der Waals surface area contributed by atoms with Crippen molar-refractivity contribution in [1.29, 1.82) is 5.26 Å². The molecule has 0 saturated carbocycles. The third-order valence-electron chi connectivity index (χ3n) is 1.83. The van der Waals surface area contributed by atoms with Gasteiger partial charge in [0.05, 0.1) is 18.8 Å². The van der Waals surface area contributed by atoms with Crippen LogP contribution in [0.25, 0.3) is 0 Å². The van der Waals surface area contributed by atoms with Gasteiger partial charge in [-0.2, -0.15) is 5.26 Å². The summed E-state index contributed by atoms with van der Waals surface area (Å²) in [6.45, 7) is 0. The second kappa shape index (κ2) is 4.89. The van der Waals surface area contributed by atoms with Crippen LogP contribution >= 0.6 is 11.6 Å². The minimum absolute atomic E-state index is 0. The first kappa shape index (κ1) is 12.8. The largest absolute Gasteiger partial charge is 1.00 e. The number of anilines is 2. The fourth-order valence-electron chi connectivity index (χ4n) is 1.01. The van der Waals surface area contributed by atoms with Gasteiger partial charge in [-0.1, -0.05) is 0 Å². The minimum atomic E-state index is 0. The van der Waals surface area contributed by atoms with E-state index >= 15 is 0 Å². The van der Waals surface area contributed by atoms with Crippen LogP contribution in [0.2, 0.25) is 5.15 Å². The molecule has 0 unspecified atom stereocenters. The Balaban J connectivity index is 0.00000169. The van der Waals surface area contributed by atoms with Gasteiger partial charge in [-0.15, -0.1) is 0 Å². The van der Waals surface area contributed by atoms with Gasteiger partial charge in [0.15, 0.2) is 0 Å². The van der Waals surface area contributed by atoms with Gasteiger partial charge in [-0.25, -0.2) is 4.57 Å². The lowest BCUT2D eigenvalue weighted by Crippen LogP contribution is -3.00. The maximum Gasteiger partial charge on any atom is 0.275 e. The third kappa shape index (κ3) is 2.00. The van der Waals surface area contributed by atoms with Crippen molar-refractivity contribution >= 4 is 23.1 Å². The minimum Gasteiger partial charge on any atom is -1.00 e. The molecule has 0 aromatic carbocycles. The predicted octanol–water partition coefficient (Wildman–Crippen LogP) is -2.34. The number of aromatic nitrogens is 1. The quantitative estimate of drug-likeness (QED) is 0.422. The molecule has 76 valence electrons. The van der Waals surface area contributed by atoms with E-state index < -0.39 is 0 Å². The molecule has 0 radical (unpaired) electrons. The van der Waals surface area contributed by atoms with Crippen LogP contribution in [0.5, 0.6) is 0 Å². The molecule has 14 heavy (non-hydrogen) atoms. The molecule has 6 heteroatoms. The highest BCUT2D eigenvalue weighted by Gasteiger charge is 2.15. The number of nitrogen functional groups attached to an aromatic ring is 1. The van der Waals surface area contributed by atoms with Gasteiger partial charge in [-0.3, -0.25) is 5.73 Å². The van der Waals surface area contributed by atoms with Crippen molar-refractivity contribution < 1.29 is 17.0 Å². The van der Waals surface area contributed by atoms with Crippen molar-refractivity contribution in [3.8, 4) is 6.07 Å². The molecule has 1 heterocycles. The second-order valence-corrected chi connectivity index (χ2v) is 2.93. The maximum absolute atomic E-state index is 8.82. The zero-order valence-corrected chi connectivity index (χ0v) is 9.32. The Morgan fingerprint density at radius 2 is 2.21 bits per heavy atom. The lowest BCUT2D eigenvalue weighted by Gasteiger charge is -2.06. The summed E-state index contributed by atoms with van der Waals surface area (Å²) < 4.78 is 1.56. The molecule has 0 atom stereocenters. The number of nitrogens with zero attached hydrogens (tertiary/aromatic N) is 2. The predicted molar refractivity (Wildman–Crippen MR) is 51.3 cm³/mol. The lowest BCUT2D eigenvalue weighted by molar-refractivity contribution is -0.654. The zero-order valence-electron chi connectivity index (χ0n) is 7.81. The molecule has 0 fully saturated rings. The first-order chi connectivity index (χ1) is 6.11. The second-order valence-electron chi connectivity index (χ2n) is 2.57. The van der Waals surface area contributed by atoms with Crippen LogP contribution < -0.4 is 28.0 Å².